The van der Waals surface area contributed by atoms with Crippen LogP contribution in [0.2, 0.25) is 0 Å². The van der Waals surface area contributed by atoms with Crippen molar-refractivity contribution in [2.45, 2.75) is 57.5 Å². The Hall–Kier alpha value is -1.23. The van der Waals surface area contributed by atoms with E-state index in [-0.39, 0.29) is 25.7 Å². The first-order chi connectivity index (χ1) is 8.43. The molecule has 1 atom stereocenters. The number of hydrogen-bond donors (Lipinski definition) is 0. The molecule has 0 aromatic heterocycles. The van der Waals surface area contributed by atoms with E-state index in [0.717, 1.165) is 0 Å². The van der Waals surface area contributed by atoms with E-state index in [1.807, 2.05) is 12.1 Å². The van der Waals surface area contributed by atoms with Gasteiger partial charge in [0.1, 0.15) is 0 Å². The van der Waals surface area contributed by atoms with Crippen molar-refractivity contribution in [2.75, 3.05) is 0 Å². The second-order valence-electron chi connectivity index (χ2n) is 5.15. The molecule has 0 aromatic carbocycles. The molecule has 1 aliphatic rings. The number of rotatable bonds is 4. The Kier molecular flexibility index (Phi) is 5.02. The van der Waals surface area contributed by atoms with Crippen molar-refractivity contribution >= 4 is 0 Å². The minimum Gasteiger partial charge on any atom is -0.198 e. The highest BCUT2D eigenvalue weighted by Crippen LogP contribution is 2.50. The number of hydrogen-bond acceptors (Lipinski definition) is 2. The molecule has 0 saturated heterocycles. The molecule has 1 aliphatic carbocycles. The molecule has 0 unspecified atom stereocenters. The third-order valence-electron chi connectivity index (χ3n) is 3.94. The third kappa shape index (κ3) is 3.91. The summed E-state index contributed by atoms with van der Waals surface area (Å²) in [7, 11) is 0. The van der Waals surface area contributed by atoms with E-state index >= 15 is 0 Å². The fourth-order valence-electron chi connectivity index (χ4n) is 2.95. The molecule has 0 amide bonds. The summed E-state index contributed by atoms with van der Waals surface area (Å²) in [5.41, 5.74) is -0.454. The Labute approximate surface area is 105 Å². The van der Waals surface area contributed by atoms with Crippen LogP contribution in [-0.2, 0) is 0 Å². The molecule has 1 rings (SSSR count). The molecule has 18 heavy (non-hydrogen) atoms. The van der Waals surface area contributed by atoms with Crippen molar-refractivity contribution in [3.63, 3.8) is 0 Å². The highest BCUT2D eigenvalue weighted by molar-refractivity contribution is 4.92. The molecule has 0 heterocycles. The van der Waals surface area contributed by atoms with Crippen LogP contribution in [0.5, 0.6) is 0 Å². The summed E-state index contributed by atoms with van der Waals surface area (Å²) in [6, 6.07) is 4.01. The minimum absolute atomic E-state index is 0.0832. The van der Waals surface area contributed by atoms with Crippen LogP contribution in [0.15, 0.2) is 0 Å². The van der Waals surface area contributed by atoms with Gasteiger partial charge in [-0.1, -0.05) is 6.42 Å². The number of nitrogens with zero attached hydrogens (tertiary/aromatic N) is 2. The summed E-state index contributed by atoms with van der Waals surface area (Å²) < 4.78 is 38.4. The normalized spacial score (nSPS) is 23.1. The molecular formula is C13H17F3N2. The first-order valence-corrected chi connectivity index (χ1v) is 6.24. The van der Waals surface area contributed by atoms with E-state index in [0.29, 0.717) is 25.7 Å². The van der Waals surface area contributed by atoms with Gasteiger partial charge in [-0.3, -0.25) is 0 Å². The molecule has 100 valence electrons. The predicted octanol–water partition coefficient (Wildman–Crippen LogP) is 4.33. The summed E-state index contributed by atoms with van der Waals surface area (Å²) in [4.78, 5) is 0. The van der Waals surface area contributed by atoms with Crippen LogP contribution in [0.4, 0.5) is 13.2 Å². The van der Waals surface area contributed by atoms with Crippen molar-refractivity contribution in [2.24, 2.45) is 11.3 Å². The van der Waals surface area contributed by atoms with Crippen molar-refractivity contribution in [3.05, 3.63) is 0 Å². The van der Waals surface area contributed by atoms with Crippen LogP contribution in [0.3, 0.4) is 0 Å². The van der Waals surface area contributed by atoms with Gasteiger partial charge in [-0.05, 0) is 37.5 Å². The lowest BCUT2D eigenvalue weighted by atomic mass is 9.65. The van der Waals surface area contributed by atoms with Gasteiger partial charge in [0, 0.05) is 12.8 Å². The lowest BCUT2D eigenvalue weighted by Gasteiger charge is -2.41. The van der Waals surface area contributed by atoms with E-state index in [2.05, 4.69) is 0 Å². The fourth-order valence-corrected chi connectivity index (χ4v) is 2.95. The molecule has 0 spiro atoms. The molecule has 0 bridgehead atoms. The van der Waals surface area contributed by atoms with Gasteiger partial charge in [0.25, 0.3) is 0 Å². The van der Waals surface area contributed by atoms with Crippen LogP contribution in [0.25, 0.3) is 0 Å². The highest BCUT2D eigenvalue weighted by Gasteiger charge is 2.46. The quantitative estimate of drug-likeness (QED) is 0.753. The summed E-state index contributed by atoms with van der Waals surface area (Å²) in [6.07, 6.45) is -1.11. The van der Waals surface area contributed by atoms with Crippen LogP contribution >= 0.6 is 0 Å². The summed E-state index contributed by atoms with van der Waals surface area (Å²) in [5, 5.41) is 17.3. The van der Waals surface area contributed by atoms with Gasteiger partial charge >= 0.3 is 6.18 Å². The van der Waals surface area contributed by atoms with Gasteiger partial charge in [0.2, 0.25) is 0 Å². The first-order valence-electron chi connectivity index (χ1n) is 6.24. The maximum absolute atomic E-state index is 12.8. The second-order valence-corrected chi connectivity index (χ2v) is 5.15. The summed E-state index contributed by atoms with van der Waals surface area (Å²) in [5.74, 6) is -1.26. The molecule has 0 N–H and O–H groups in total. The van der Waals surface area contributed by atoms with Crippen LogP contribution in [-0.4, -0.2) is 6.18 Å². The molecule has 1 fully saturated rings. The van der Waals surface area contributed by atoms with Crippen LogP contribution < -0.4 is 0 Å². The smallest absolute Gasteiger partial charge is 0.198 e. The van der Waals surface area contributed by atoms with Crippen molar-refractivity contribution in [1.82, 2.24) is 0 Å². The molecule has 2 nitrogen and oxygen atoms in total. The highest BCUT2D eigenvalue weighted by atomic mass is 19.4. The van der Waals surface area contributed by atoms with Gasteiger partial charge in [-0.25, -0.2) is 0 Å². The molecule has 0 aromatic rings. The van der Waals surface area contributed by atoms with E-state index in [9.17, 15) is 13.2 Å². The Morgan fingerprint density at radius 2 is 1.67 bits per heavy atom. The Morgan fingerprint density at radius 1 is 1.11 bits per heavy atom. The fraction of sp³-hybridized carbons (Fsp3) is 0.846. The molecular weight excluding hydrogens is 241 g/mol. The van der Waals surface area contributed by atoms with Crippen molar-refractivity contribution < 1.29 is 13.2 Å². The predicted molar refractivity (Wildman–Crippen MR) is 60.1 cm³/mol. The molecule has 0 aliphatic heterocycles. The van der Waals surface area contributed by atoms with Crippen LogP contribution in [0.1, 0.15) is 51.4 Å². The Balaban J connectivity index is 2.76. The van der Waals surface area contributed by atoms with Gasteiger partial charge in [0.05, 0.1) is 18.1 Å². The topological polar surface area (TPSA) is 47.6 Å². The molecule has 1 saturated carbocycles. The zero-order valence-electron chi connectivity index (χ0n) is 10.3. The Morgan fingerprint density at radius 3 is 2.11 bits per heavy atom. The lowest BCUT2D eigenvalue weighted by molar-refractivity contribution is -0.193. The minimum atomic E-state index is -4.15. The standard InChI is InChI=1S/C13H17F3N2/c14-13(15,16)11-4-1-5-12(10-11,6-2-8-17)7-3-9-18/h11H,1-7,10H2/t11-/m0/s1. The van der Waals surface area contributed by atoms with Crippen LogP contribution in [0, 0.1) is 34.0 Å². The molecule has 0 radical (unpaired) electrons. The SMILES string of the molecule is N#CCCC1(CCC#N)CCC[C@H](C(F)(F)F)C1. The maximum Gasteiger partial charge on any atom is 0.391 e. The van der Waals surface area contributed by atoms with E-state index in [1.165, 1.54) is 0 Å². The van der Waals surface area contributed by atoms with E-state index < -0.39 is 17.5 Å². The zero-order valence-corrected chi connectivity index (χ0v) is 10.3. The number of alkyl halides is 3. The van der Waals surface area contributed by atoms with Crippen molar-refractivity contribution in [3.8, 4) is 12.1 Å². The maximum atomic E-state index is 12.8. The van der Waals surface area contributed by atoms with Gasteiger partial charge in [0.15, 0.2) is 0 Å². The number of halogens is 3. The summed E-state index contributed by atoms with van der Waals surface area (Å²) >= 11 is 0. The lowest BCUT2D eigenvalue weighted by Crippen LogP contribution is -2.35. The van der Waals surface area contributed by atoms with Gasteiger partial charge in [-0.15, -0.1) is 0 Å². The average Bonchev–Trinajstić information content (AvgIpc) is 2.33. The summed E-state index contributed by atoms with van der Waals surface area (Å²) in [6.45, 7) is 0. The average molecular weight is 258 g/mol. The van der Waals surface area contributed by atoms with Gasteiger partial charge in [-0.2, -0.15) is 23.7 Å². The monoisotopic (exact) mass is 258 g/mol. The first kappa shape index (κ1) is 14.8. The second kappa shape index (κ2) is 6.09. The molecule has 5 heteroatoms. The number of nitriles is 2. The Bertz CT molecular complexity index is 331. The van der Waals surface area contributed by atoms with E-state index in [4.69, 9.17) is 10.5 Å². The zero-order chi connectivity index (χ0) is 13.6. The van der Waals surface area contributed by atoms with Gasteiger partial charge < -0.3 is 0 Å². The van der Waals surface area contributed by atoms with E-state index in [1.54, 1.807) is 0 Å². The third-order valence-corrected chi connectivity index (χ3v) is 3.94. The largest absolute Gasteiger partial charge is 0.391 e. The van der Waals surface area contributed by atoms with Crippen molar-refractivity contribution in [1.29, 1.82) is 10.5 Å².